The van der Waals surface area contributed by atoms with Crippen molar-refractivity contribution < 1.29 is 23.1 Å². The molecule has 0 saturated heterocycles. The van der Waals surface area contributed by atoms with Crippen molar-refractivity contribution in [3.05, 3.63) is 59.3 Å². The smallest absolute Gasteiger partial charge is 0.413 e. The van der Waals surface area contributed by atoms with Gasteiger partial charge < -0.3 is 9.64 Å². The summed E-state index contributed by atoms with van der Waals surface area (Å²) in [6.07, 6.45) is 1.42. The SMILES string of the molecule is CN(C)CC(=C(C=O)c1ccc(F)c(F)c1)c1ccnc(NC(=O)OC(C)(C)C)c1. The summed E-state index contributed by atoms with van der Waals surface area (Å²) in [6.45, 7) is 5.56. The number of hydrogen-bond donors (Lipinski definition) is 1. The first-order valence-electron chi connectivity index (χ1n) is 9.25. The number of halogens is 2. The second kappa shape index (κ2) is 9.58. The number of aromatic nitrogens is 1. The number of ether oxygens (including phenoxy) is 1. The zero-order valence-corrected chi connectivity index (χ0v) is 17.6. The van der Waals surface area contributed by atoms with E-state index in [1.807, 2.05) is 19.0 Å². The molecule has 1 amide bonds. The van der Waals surface area contributed by atoms with Crippen LogP contribution in [-0.2, 0) is 9.53 Å². The lowest BCUT2D eigenvalue weighted by molar-refractivity contribution is -0.103. The summed E-state index contributed by atoms with van der Waals surface area (Å²) in [5.41, 5.74) is 0.943. The molecule has 0 spiro atoms. The van der Waals surface area contributed by atoms with Gasteiger partial charge in [-0.3, -0.25) is 10.1 Å². The van der Waals surface area contributed by atoms with Gasteiger partial charge in [0.15, 0.2) is 17.9 Å². The average Bonchev–Trinajstić information content (AvgIpc) is 2.62. The highest BCUT2D eigenvalue weighted by molar-refractivity contribution is 6.17. The van der Waals surface area contributed by atoms with Crippen molar-refractivity contribution in [3.63, 3.8) is 0 Å². The Kier molecular flexibility index (Phi) is 7.39. The van der Waals surface area contributed by atoms with Crippen molar-refractivity contribution in [3.8, 4) is 0 Å². The van der Waals surface area contributed by atoms with Gasteiger partial charge >= 0.3 is 6.09 Å². The molecule has 0 fully saturated rings. The van der Waals surface area contributed by atoms with E-state index in [2.05, 4.69) is 10.3 Å². The zero-order chi connectivity index (χ0) is 22.5. The number of carbonyl (C=O) groups excluding carboxylic acids is 2. The summed E-state index contributed by atoms with van der Waals surface area (Å²) in [7, 11) is 3.63. The molecule has 0 atom stereocenters. The zero-order valence-electron chi connectivity index (χ0n) is 17.6. The molecule has 0 aliphatic rings. The van der Waals surface area contributed by atoms with Gasteiger partial charge in [0.05, 0.1) is 0 Å². The van der Waals surface area contributed by atoms with Crippen LogP contribution in [0.15, 0.2) is 36.5 Å². The van der Waals surface area contributed by atoms with Crippen LogP contribution in [0.4, 0.5) is 19.4 Å². The minimum Gasteiger partial charge on any atom is -0.444 e. The highest BCUT2D eigenvalue weighted by Gasteiger charge is 2.18. The van der Waals surface area contributed by atoms with Crippen LogP contribution in [0.2, 0.25) is 0 Å². The van der Waals surface area contributed by atoms with Crippen LogP contribution < -0.4 is 5.32 Å². The fourth-order valence-electron chi connectivity index (χ4n) is 2.72. The van der Waals surface area contributed by atoms with E-state index in [0.29, 0.717) is 24.0 Å². The lowest BCUT2D eigenvalue weighted by Crippen LogP contribution is -2.27. The summed E-state index contributed by atoms with van der Waals surface area (Å²) in [6, 6.07) is 6.56. The van der Waals surface area contributed by atoms with Gasteiger partial charge in [0.2, 0.25) is 0 Å². The Labute approximate surface area is 174 Å². The highest BCUT2D eigenvalue weighted by atomic mass is 19.2. The lowest BCUT2D eigenvalue weighted by Gasteiger charge is -2.20. The van der Waals surface area contributed by atoms with Crippen molar-refractivity contribution in [2.75, 3.05) is 26.0 Å². The molecule has 0 radical (unpaired) electrons. The Balaban J connectivity index is 2.50. The number of pyridine rings is 1. The minimum atomic E-state index is -1.04. The third kappa shape index (κ3) is 6.45. The first-order chi connectivity index (χ1) is 14.0. The van der Waals surface area contributed by atoms with E-state index in [1.54, 1.807) is 32.9 Å². The number of anilines is 1. The molecule has 1 heterocycles. The van der Waals surface area contributed by atoms with Crippen molar-refractivity contribution >= 4 is 29.3 Å². The van der Waals surface area contributed by atoms with E-state index in [9.17, 15) is 18.4 Å². The van der Waals surface area contributed by atoms with Crippen LogP contribution in [0.1, 0.15) is 31.9 Å². The number of nitrogens with zero attached hydrogens (tertiary/aromatic N) is 2. The molecular weight excluding hydrogens is 392 g/mol. The fourth-order valence-corrected chi connectivity index (χ4v) is 2.72. The number of benzene rings is 1. The Bertz CT molecular complexity index is 966. The molecule has 1 N–H and O–H groups in total. The minimum absolute atomic E-state index is 0.206. The predicted octanol–water partition coefficient (Wildman–Crippen LogP) is 4.38. The summed E-state index contributed by atoms with van der Waals surface area (Å²) in [5, 5.41) is 2.55. The summed E-state index contributed by atoms with van der Waals surface area (Å²) >= 11 is 0. The van der Waals surface area contributed by atoms with Gasteiger partial charge in [-0.05, 0) is 75.8 Å². The highest BCUT2D eigenvalue weighted by Crippen LogP contribution is 2.28. The first kappa shape index (κ1) is 23.2. The summed E-state index contributed by atoms with van der Waals surface area (Å²) < 4.78 is 32.3. The normalized spacial score (nSPS) is 12.4. The number of carbonyl (C=O) groups is 2. The number of allylic oxidation sites excluding steroid dienone is 1. The Morgan fingerprint density at radius 3 is 2.40 bits per heavy atom. The average molecular weight is 417 g/mol. The molecular formula is C22H25F2N3O3. The molecule has 160 valence electrons. The Morgan fingerprint density at radius 1 is 1.13 bits per heavy atom. The maximum Gasteiger partial charge on any atom is 0.413 e. The second-order valence-electron chi connectivity index (χ2n) is 7.93. The van der Waals surface area contributed by atoms with Gasteiger partial charge in [0, 0.05) is 18.3 Å². The van der Waals surface area contributed by atoms with Crippen molar-refractivity contribution in [2.45, 2.75) is 26.4 Å². The topological polar surface area (TPSA) is 71.5 Å². The van der Waals surface area contributed by atoms with E-state index < -0.39 is 23.3 Å². The number of likely N-dealkylation sites (N-methyl/N-ethyl adjacent to an activating group) is 1. The molecule has 2 rings (SSSR count). The van der Waals surface area contributed by atoms with Gasteiger partial charge in [-0.1, -0.05) is 6.07 Å². The predicted molar refractivity (Wildman–Crippen MR) is 112 cm³/mol. The maximum atomic E-state index is 13.8. The third-order valence-corrected chi connectivity index (χ3v) is 3.89. The number of amides is 1. The van der Waals surface area contributed by atoms with Crippen molar-refractivity contribution in [1.82, 2.24) is 9.88 Å². The molecule has 6 nitrogen and oxygen atoms in total. The van der Waals surface area contributed by atoms with Gasteiger partial charge in [-0.15, -0.1) is 0 Å². The van der Waals surface area contributed by atoms with E-state index in [0.717, 1.165) is 12.1 Å². The Hall–Kier alpha value is -3.13. The standard InChI is InChI=1S/C22H25F2N3O3/c1-22(2,3)30-21(29)26-20-11-15(8-9-25-20)16(12-27(4)5)17(13-28)14-6-7-18(23)19(24)10-14/h6-11,13H,12H2,1-5H3,(H,25,26,29). The van der Waals surface area contributed by atoms with Crippen molar-refractivity contribution in [1.29, 1.82) is 0 Å². The number of aldehydes is 1. The van der Waals surface area contributed by atoms with Crippen LogP contribution in [0.5, 0.6) is 0 Å². The molecule has 1 aromatic carbocycles. The molecule has 30 heavy (non-hydrogen) atoms. The molecule has 0 saturated carbocycles. The van der Waals surface area contributed by atoms with Gasteiger partial charge in [0.1, 0.15) is 11.4 Å². The number of nitrogens with one attached hydrogen (secondary N) is 1. The monoisotopic (exact) mass is 417 g/mol. The molecule has 2 aromatic rings. The van der Waals surface area contributed by atoms with Crippen LogP contribution in [-0.4, -0.2) is 48.5 Å². The molecule has 8 heteroatoms. The molecule has 0 aliphatic carbocycles. The Morgan fingerprint density at radius 2 is 1.83 bits per heavy atom. The van der Waals surface area contributed by atoms with Gasteiger partial charge in [0.25, 0.3) is 0 Å². The molecule has 0 aliphatic heterocycles. The lowest BCUT2D eigenvalue weighted by atomic mass is 9.95. The molecule has 0 unspecified atom stereocenters. The molecule has 0 bridgehead atoms. The van der Waals surface area contributed by atoms with Crippen molar-refractivity contribution in [2.24, 2.45) is 0 Å². The van der Waals surface area contributed by atoms with Crippen LogP contribution in [0.25, 0.3) is 11.1 Å². The van der Waals surface area contributed by atoms with Crippen LogP contribution >= 0.6 is 0 Å². The summed E-state index contributed by atoms with van der Waals surface area (Å²) in [5.74, 6) is -1.81. The van der Waals surface area contributed by atoms with E-state index in [-0.39, 0.29) is 17.0 Å². The van der Waals surface area contributed by atoms with Crippen LogP contribution in [0.3, 0.4) is 0 Å². The molecule has 1 aromatic heterocycles. The number of rotatable bonds is 6. The van der Waals surface area contributed by atoms with E-state index in [1.165, 1.54) is 12.3 Å². The van der Waals surface area contributed by atoms with E-state index in [4.69, 9.17) is 4.74 Å². The second-order valence-corrected chi connectivity index (χ2v) is 7.93. The quantitative estimate of drug-likeness (QED) is 0.558. The fraction of sp³-hybridized carbons (Fsp3) is 0.318. The number of hydrogen-bond acceptors (Lipinski definition) is 5. The third-order valence-electron chi connectivity index (χ3n) is 3.89. The van der Waals surface area contributed by atoms with Gasteiger partial charge in [-0.25, -0.2) is 18.6 Å². The largest absolute Gasteiger partial charge is 0.444 e. The first-order valence-corrected chi connectivity index (χ1v) is 9.25. The van der Waals surface area contributed by atoms with E-state index >= 15 is 0 Å². The van der Waals surface area contributed by atoms with Gasteiger partial charge in [-0.2, -0.15) is 0 Å². The summed E-state index contributed by atoms with van der Waals surface area (Å²) in [4.78, 5) is 29.9. The van der Waals surface area contributed by atoms with Crippen LogP contribution in [0, 0.1) is 11.6 Å². The maximum absolute atomic E-state index is 13.8.